The van der Waals surface area contributed by atoms with E-state index < -0.39 is 0 Å². The molecule has 2 heterocycles. The molecule has 0 bridgehead atoms. The minimum Gasteiger partial charge on any atom is -0.329 e. The van der Waals surface area contributed by atoms with Gasteiger partial charge in [0.15, 0.2) is 0 Å². The van der Waals surface area contributed by atoms with Crippen LogP contribution in [0.2, 0.25) is 0 Å². The highest BCUT2D eigenvalue weighted by atomic mass is 32.2. The van der Waals surface area contributed by atoms with E-state index in [0.717, 1.165) is 12.6 Å². The Balaban J connectivity index is 2.20. The van der Waals surface area contributed by atoms with Crippen LogP contribution >= 0.6 is 11.8 Å². The second kappa shape index (κ2) is 5.94. The molecule has 0 aromatic heterocycles. The van der Waals surface area contributed by atoms with Crippen molar-refractivity contribution in [2.45, 2.75) is 69.2 Å². The van der Waals surface area contributed by atoms with Gasteiger partial charge in [-0.05, 0) is 38.0 Å². The van der Waals surface area contributed by atoms with Gasteiger partial charge >= 0.3 is 0 Å². The Kier molecular flexibility index (Phi) is 4.79. The molecule has 0 saturated carbocycles. The zero-order valence-corrected chi connectivity index (χ0v) is 12.3. The van der Waals surface area contributed by atoms with E-state index in [9.17, 15) is 0 Å². The molecule has 0 spiro atoms. The Labute approximate surface area is 111 Å². The molecule has 3 heteroatoms. The molecule has 3 atom stereocenters. The first-order chi connectivity index (χ1) is 8.24. The van der Waals surface area contributed by atoms with E-state index in [1.54, 1.807) is 0 Å². The summed E-state index contributed by atoms with van der Waals surface area (Å²) < 4.78 is 0. The van der Waals surface area contributed by atoms with Crippen LogP contribution in [0.25, 0.3) is 0 Å². The van der Waals surface area contributed by atoms with Crippen LogP contribution in [0.4, 0.5) is 0 Å². The van der Waals surface area contributed by atoms with Crippen LogP contribution in [0.1, 0.15) is 52.4 Å². The Morgan fingerprint density at radius 1 is 1.35 bits per heavy atom. The highest BCUT2D eigenvalue weighted by Crippen LogP contribution is 2.42. The summed E-state index contributed by atoms with van der Waals surface area (Å²) in [5.74, 6) is 1.30. The third-order valence-electron chi connectivity index (χ3n) is 4.93. The fourth-order valence-electron chi connectivity index (χ4n) is 3.72. The molecule has 2 nitrogen and oxygen atoms in total. The minimum absolute atomic E-state index is 0.301. The third-order valence-corrected chi connectivity index (χ3v) is 6.31. The Morgan fingerprint density at radius 2 is 2.18 bits per heavy atom. The van der Waals surface area contributed by atoms with Crippen LogP contribution in [-0.2, 0) is 0 Å². The normalized spacial score (nSPS) is 40.4. The summed E-state index contributed by atoms with van der Waals surface area (Å²) in [5.41, 5.74) is 6.50. The predicted octanol–water partition coefficient (Wildman–Crippen LogP) is 2.86. The van der Waals surface area contributed by atoms with Gasteiger partial charge in [-0.3, -0.25) is 4.90 Å². The van der Waals surface area contributed by atoms with Crippen molar-refractivity contribution in [3.63, 3.8) is 0 Å². The SMILES string of the molecule is CCC1CCCCCN1C1(CN)CCSC1C. The van der Waals surface area contributed by atoms with Gasteiger partial charge in [-0.2, -0.15) is 11.8 Å². The van der Waals surface area contributed by atoms with Crippen LogP contribution in [-0.4, -0.2) is 40.6 Å². The maximum atomic E-state index is 6.20. The zero-order valence-electron chi connectivity index (χ0n) is 11.5. The van der Waals surface area contributed by atoms with Crippen molar-refractivity contribution >= 4 is 11.8 Å². The lowest BCUT2D eigenvalue weighted by molar-refractivity contribution is 0.0507. The molecule has 0 aliphatic carbocycles. The molecule has 2 aliphatic heterocycles. The molecule has 0 aromatic rings. The number of rotatable bonds is 3. The fraction of sp³-hybridized carbons (Fsp3) is 1.00. The smallest absolute Gasteiger partial charge is 0.0458 e. The number of likely N-dealkylation sites (tertiary alicyclic amines) is 1. The molecule has 2 rings (SSSR count). The Hall–Kier alpha value is 0.270. The van der Waals surface area contributed by atoms with Crippen molar-refractivity contribution in [3.8, 4) is 0 Å². The number of hydrogen-bond acceptors (Lipinski definition) is 3. The van der Waals surface area contributed by atoms with Crippen LogP contribution in [0.3, 0.4) is 0 Å². The first-order valence-electron chi connectivity index (χ1n) is 7.33. The number of nitrogens with zero attached hydrogens (tertiary/aromatic N) is 1. The van der Waals surface area contributed by atoms with E-state index in [4.69, 9.17) is 5.73 Å². The Bertz CT molecular complexity index is 246. The van der Waals surface area contributed by atoms with Gasteiger partial charge in [0.1, 0.15) is 0 Å². The third kappa shape index (κ3) is 2.52. The molecule has 2 fully saturated rings. The van der Waals surface area contributed by atoms with Gasteiger partial charge in [-0.25, -0.2) is 0 Å². The average molecular weight is 256 g/mol. The molecule has 0 amide bonds. The van der Waals surface area contributed by atoms with Crippen molar-refractivity contribution in [2.24, 2.45) is 5.73 Å². The predicted molar refractivity (Wildman–Crippen MR) is 77.6 cm³/mol. The summed E-state index contributed by atoms with van der Waals surface area (Å²) >= 11 is 2.12. The molecule has 0 radical (unpaired) electrons. The lowest BCUT2D eigenvalue weighted by Crippen LogP contribution is -2.60. The number of nitrogens with two attached hydrogens (primary N) is 1. The van der Waals surface area contributed by atoms with E-state index in [2.05, 4.69) is 30.5 Å². The molecular weight excluding hydrogens is 228 g/mol. The second-order valence-electron chi connectivity index (χ2n) is 5.68. The summed E-state index contributed by atoms with van der Waals surface area (Å²) in [6, 6.07) is 0.780. The number of thioether (sulfide) groups is 1. The van der Waals surface area contributed by atoms with Gasteiger partial charge in [-0.1, -0.05) is 26.7 Å². The first-order valence-corrected chi connectivity index (χ1v) is 8.38. The van der Waals surface area contributed by atoms with E-state index >= 15 is 0 Å². The standard InChI is InChI=1S/C14H28N2S/c1-3-13-7-5-4-6-9-16(13)14(11-15)8-10-17-12(14)2/h12-13H,3-11,15H2,1-2H3. The van der Waals surface area contributed by atoms with Gasteiger partial charge < -0.3 is 5.73 Å². The van der Waals surface area contributed by atoms with Gasteiger partial charge in [0.25, 0.3) is 0 Å². The quantitative estimate of drug-likeness (QED) is 0.842. The van der Waals surface area contributed by atoms with E-state index in [1.807, 2.05) is 0 Å². The summed E-state index contributed by atoms with van der Waals surface area (Å²) in [7, 11) is 0. The van der Waals surface area contributed by atoms with Gasteiger partial charge in [0.2, 0.25) is 0 Å². The lowest BCUT2D eigenvalue weighted by Gasteiger charge is -2.47. The molecular formula is C14H28N2S. The zero-order chi connectivity index (χ0) is 12.3. The van der Waals surface area contributed by atoms with Gasteiger partial charge in [0, 0.05) is 23.4 Å². The molecule has 2 N–H and O–H groups in total. The van der Waals surface area contributed by atoms with E-state index in [1.165, 1.54) is 50.8 Å². The summed E-state index contributed by atoms with van der Waals surface area (Å²) in [6.07, 6.45) is 8.17. The summed E-state index contributed by atoms with van der Waals surface area (Å²) in [6.45, 7) is 6.86. The highest BCUT2D eigenvalue weighted by Gasteiger charge is 2.46. The minimum atomic E-state index is 0.301. The molecule has 3 unspecified atom stereocenters. The molecule has 100 valence electrons. The number of hydrogen-bond donors (Lipinski definition) is 1. The van der Waals surface area contributed by atoms with Gasteiger partial charge in [0.05, 0.1) is 0 Å². The highest BCUT2D eigenvalue weighted by molar-refractivity contribution is 8.00. The van der Waals surface area contributed by atoms with Crippen LogP contribution in [0, 0.1) is 0 Å². The summed E-state index contributed by atoms with van der Waals surface area (Å²) in [4.78, 5) is 2.81. The van der Waals surface area contributed by atoms with Crippen LogP contribution in [0.15, 0.2) is 0 Å². The summed E-state index contributed by atoms with van der Waals surface area (Å²) in [5, 5.41) is 0.708. The van der Waals surface area contributed by atoms with Crippen molar-refractivity contribution in [2.75, 3.05) is 18.8 Å². The maximum Gasteiger partial charge on any atom is 0.0458 e. The first kappa shape index (κ1) is 13.7. The van der Waals surface area contributed by atoms with Crippen LogP contribution in [0.5, 0.6) is 0 Å². The van der Waals surface area contributed by atoms with Crippen LogP contribution < -0.4 is 5.73 Å². The monoisotopic (exact) mass is 256 g/mol. The fourth-order valence-corrected chi connectivity index (χ4v) is 5.21. The van der Waals surface area contributed by atoms with Crippen molar-refractivity contribution in [1.29, 1.82) is 0 Å². The van der Waals surface area contributed by atoms with Gasteiger partial charge in [-0.15, -0.1) is 0 Å². The van der Waals surface area contributed by atoms with Crippen molar-refractivity contribution in [1.82, 2.24) is 4.90 Å². The lowest BCUT2D eigenvalue weighted by atomic mass is 9.88. The van der Waals surface area contributed by atoms with Crippen molar-refractivity contribution < 1.29 is 0 Å². The molecule has 2 saturated heterocycles. The average Bonchev–Trinajstić information content (AvgIpc) is 2.59. The largest absolute Gasteiger partial charge is 0.329 e. The topological polar surface area (TPSA) is 29.3 Å². The van der Waals surface area contributed by atoms with E-state index in [0.29, 0.717) is 10.8 Å². The van der Waals surface area contributed by atoms with E-state index in [-0.39, 0.29) is 0 Å². The maximum absolute atomic E-state index is 6.20. The molecule has 2 aliphatic rings. The molecule has 0 aromatic carbocycles. The Morgan fingerprint density at radius 3 is 2.76 bits per heavy atom. The molecule has 17 heavy (non-hydrogen) atoms. The van der Waals surface area contributed by atoms with Crippen molar-refractivity contribution in [3.05, 3.63) is 0 Å². The second-order valence-corrected chi connectivity index (χ2v) is 7.12.